The number of anilines is 2. The summed E-state index contributed by atoms with van der Waals surface area (Å²) in [6.45, 7) is 3.82. The molecule has 2 aliphatic rings. The van der Waals surface area contributed by atoms with E-state index in [9.17, 15) is 13.2 Å². The van der Waals surface area contributed by atoms with E-state index in [4.69, 9.17) is 0 Å². The molecule has 0 atom stereocenters. The maximum Gasteiger partial charge on any atom is 0.241 e. The van der Waals surface area contributed by atoms with E-state index in [0.29, 0.717) is 38.5 Å². The summed E-state index contributed by atoms with van der Waals surface area (Å²) < 4.78 is 24.1. The van der Waals surface area contributed by atoms with Crippen LogP contribution in [0.4, 0.5) is 11.5 Å². The highest BCUT2D eigenvalue weighted by atomic mass is 32.2. The molecule has 0 saturated carbocycles. The molecule has 3 heterocycles. The summed E-state index contributed by atoms with van der Waals surface area (Å²) in [5, 5.41) is 0. The fourth-order valence-electron chi connectivity index (χ4n) is 4.10. The number of pyridine rings is 1. The number of rotatable bonds is 4. The predicted molar refractivity (Wildman–Crippen MR) is 113 cm³/mol. The van der Waals surface area contributed by atoms with Crippen molar-refractivity contribution in [2.45, 2.75) is 17.7 Å². The van der Waals surface area contributed by atoms with Crippen molar-refractivity contribution in [3.63, 3.8) is 0 Å². The minimum absolute atomic E-state index is 0.125. The van der Waals surface area contributed by atoms with Crippen molar-refractivity contribution in [3.8, 4) is 0 Å². The van der Waals surface area contributed by atoms with Crippen LogP contribution in [-0.2, 0) is 21.1 Å². The molecular formula is C21H26N4O3S. The minimum atomic E-state index is -3.34. The van der Waals surface area contributed by atoms with Crippen LogP contribution in [0.25, 0.3) is 0 Å². The Bertz CT molecular complexity index is 1000. The lowest BCUT2D eigenvalue weighted by Gasteiger charge is -2.37. The molecule has 0 aliphatic carbocycles. The molecule has 2 aliphatic heterocycles. The molecule has 0 bridgehead atoms. The Morgan fingerprint density at radius 1 is 1.03 bits per heavy atom. The first-order valence-corrected chi connectivity index (χ1v) is 11.8. The van der Waals surface area contributed by atoms with E-state index in [-0.39, 0.29) is 10.8 Å². The molecule has 0 radical (unpaired) electrons. The third-order valence-corrected chi connectivity index (χ3v) is 6.71. The molecule has 1 saturated heterocycles. The highest BCUT2D eigenvalue weighted by Gasteiger charge is 2.27. The second kappa shape index (κ2) is 8.12. The molecule has 0 N–H and O–H groups in total. The zero-order valence-electron chi connectivity index (χ0n) is 16.6. The number of sulfone groups is 1. The second-order valence-corrected chi connectivity index (χ2v) is 9.62. The second-order valence-electron chi connectivity index (χ2n) is 7.64. The Morgan fingerprint density at radius 3 is 2.55 bits per heavy atom. The summed E-state index contributed by atoms with van der Waals surface area (Å²) in [6.07, 6.45) is 4.84. The Labute approximate surface area is 171 Å². The molecule has 0 spiro atoms. The van der Waals surface area contributed by atoms with Gasteiger partial charge in [-0.05, 0) is 36.6 Å². The Hall–Kier alpha value is -2.45. The fraction of sp³-hybridized carbons (Fsp3) is 0.429. The zero-order chi connectivity index (χ0) is 20.4. The summed E-state index contributed by atoms with van der Waals surface area (Å²) in [6, 6.07) is 11.4. The third kappa shape index (κ3) is 4.28. The number of aryl methyl sites for hydroxylation is 1. The van der Waals surface area contributed by atoms with Crippen LogP contribution >= 0.6 is 0 Å². The summed E-state index contributed by atoms with van der Waals surface area (Å²) in [7, 11) is -3.34. The van der Waals surface area contributed by atoms with E-state index in [0.717, 1.165) is 25.1 Å². The average Bonchev–Trinajstić information content (AvgIpc) is 2.73. The number of para-hydroxylation sites is 1. The zero-order valence-corrected chi connectivity index (χ0v) is 17.4. The fourth-order valence-corrected chi connectivity index (χ4v) is 4.94. The predicted octanol–water partition coefficient (Wildman–Crippen LogP) is 1.59. The maximum absolute atomic E-state index is 12.9. The number of hydrogen-bond acceptors (Lipinski definition) is 6. The van der Waals surface area contributed by atoms with Crippen LogP contribution in [0.1, 0.15) is 12.0 Å². The summed E-state index contributed by atoms with van der Waals surface area (Å²) >= 11 is 0. The van der Waals surface area contributed by atoms with Crippen LogP contribution in [0.5, 0.6) is 0 Å². The lowest BCUT2D eigenvalue weighted by atomic mass is 10.0. The SMILES string of the molecule is CS(=O)(=O)c1cccnc1N1CCN(CC(=O)N2CCCc3ccccc32)CC1. The highest BCUT2D eigenvalue weighted by Crippen LogP contribution is 2.27. The van der Waals surface area contributed by atoms with E-state index in [1.165, 1.54) is 11.8 Å². The number of amides is 1. The van der Waals surface area contributed by atoms with E-state index in [1.807, 2.05) is 28.0 Å². The standard InChI is InChI=1S/C21H26N4O3S/c1-29(27,28)19-9-4-10-22-21(19)24-14-12-23(13-15-24)16-20(26)25-11-5-7-17-6-2-3-8-18(17)25/h2-4,6,8-10H,5,7,11-16H2,1H3. The van der Waals surface area contributed by atoms with Gasteiger partial charge in [-0.15, -0.1) is 0 Å². The van der Waals surface area contributed by atoms with Crippen LogP contribution in [0.2, 0.25) is 0 Å². The van der Waals surface area contributed by atoms with Crippen LogP contribution in [-0.4, -0.2) is 69.7 Å². The number of carbonyl (C=O) groups is 1. The smallest absolute Gasteiger partial charge is 0.241 e. The van der Waals surface area contributed by atoms with Crippen LogP contribution in [0, 0.1) is 0 Å². The van der Waals surface area contributed by atoms with Crippen molar-refractivity contribution in [1.29, 1.82) is 0 Å². The van der Waals surface area contributed by atoms with Gasteiger partial charge in [0, 0.05) is 50.9 Å². The summed E-state index contributed by atoms with van der Waals surface area (Å²) in [5.74, 6) is 0.631. The normalized spacial score (nSPS) is 17.8. The number of piperazine rings is 1. The molecule has 7 nitrogen and oxygen atoms in total. The monoisotopic (exact) mass is 414 g/mol. The molecule has 1 aromatic heterocycles. The van der Waals surface area contributed by atoms with Gasteiger partial charge in [-0.2, -0.15) is 0 Å². The summed E-state index contributed by atoms with van der Waals surface area (Å²) in [5.41, 5.74) is 2.27. The van der Waals surface area contributed by atoms with Crippen LogP contribution in [0.3, 0.4) is 0 Å². The van der Waals surface area contributed by atoms with Crippen LogP contribution < -0.4 is 9.80 Å². The number of carbonyl (C=O) groups excluding carboxylic acids is 1. The van der Waals surface area contributed by atoms with E-state index < -0.39 is 9.84 Å². The van der Waals surface area contributed by atoms with Crippen molar-refractivity contribution < 1.29 is 13.2 Å². The average molecular weight is 415 g/mol. The molecule has 154 valence electrons. The van der Waals surface area contributed by atoms with Gasteiger partial charge in [0.05, 0.1) is 6.54 Å². The van der Waals surface area contributed by atoms with Gasteiger partial charge in [0.25, 0.3) is 0 Å². The minimum Gasteiger partial charge on any atom is -0.353 e. The lowest BCUT2D eigenvalue weighted by Crippen LogP contribution is -2.51. The number of fused-ring (bicyclic) bond motifs is 1. The lowest BCUT2D eigenvalue weighted by molar-refractivity contribution is -0.119. The Kier molecular flexibility index (Phi) is 5.56. The quantitative estimate of drug-likeness (QED) is 0.756. The molecule has 1 amide bonds. The molecular weight excluding hydrogens is 388 g/mol. The molecule has 0 unspecified atom stereocenters. The molecule has 1 aromatic carbocycles. The Morgan fingerprint density at radius 2 is 1.79 bits per heavy atom. The largest absolute Gasteiger partial charge is 0.353 e. The van der Waals surface area contributed by atoms with E-state index in [2.05, 4.69) is 16.0 Å². The topological polar surface area (TPSA) is 73.8 Å². The molecule has 8 heteroatoms. The Balaban J connectivity index is 1.40. The van der Waals surface area contributed by atoms with Gasteiger partial charge in [0.2, 0.25) is 5.91 Å². The molecule has 29 heavy (non-hydrogen) atoms. The van der Waals surface area contributed by atoms with E-state index in [1.54, 1.807) is 18.3 Å². The molecule has 4 rings (SSSR count). The number of benzene rings is 1. The van der Waals surface area contributed by atoms with Crippen molar-refractivity contribution in [2.75, 3.05) is 55.3 Å². The summed E-state index contributed by atoms with van der Waals surface area (Å²) in [4.78, 5) is 23.6. The number of aromatic nitrogens is 1. The first-order chi connectivity index (χ1) is 13.9. The van der Waals surface area contributed by atoms with Crippen molar-refractivity contribution in [3.05, 3.63) is 48.2 Å². The van der Waals surface area contributed by atoms with Gasteiger partial charge in [-0.3, -0.25) is 9.69 Å². The van der Waals surface area contributed by atoms with Gasteiger partial charge in [0.1, 0.15) is 10.7 Å². The number of hydrogen-bond donors (Lipinski definition) is 0. The molecule has 2 aromatic rings. The van der Waals surface area contributed by atoms with Crippen molar-refractivity contribution >= 4 is 27.2 Å². The molecule has 1 fully saturated rings. The van der Waals surface area contributed by atoms with Gasteiger partial charge in [0.15, 0.2) is 9.84 Å². The maximum atomic E-state index is 12.9. The first kappa shape index (κ1) is 19.8. The first-order valence-electron chi connectivity index (χ1n) is 9.94. The van der Waals surface area contributed by atoms with Gasteiger partial charge >= 0.3 is 0 Å². The third-order valence-electron chi connectivity index (χ3n) is 5.59. The highest BCUT2D eigenvalue weighted by molar-refractivity contribution is 7.90. The van der Waals surface area contributed by atoms with Gasteiger partial charge in [-0.25, -0.2) is 13.4 Å². The van der Waals surface area contributed by atoms with Gasteiger partial charge in [-0.1, -0.05) is 18.2 Å². The number of nitrogens with zero attached hydrogens (tertiary/aromatic N) is 4. The van der Waals surface area contributed by atoms with Crippen molar-refractivity contribution in [1.82, 2.24) is 9.88 Å². The van der Waals surface area contributed by atoms with Crippen LogP contribution in [0.15, 0.2) is 47.5 Å². The van der Waals surface area contributed by atoms with Crippen molar-refractivity contribution in [2.24, 2.45) is 0 Å². The van der Waals surface area contributed by atoms with Gasteiger partial charge < -0.3 is 9.80 Å². The van der Waals surface area contributed by atoms with E-state index >= 15 is 0 Å².